The number of aromatic amines is 1. The second-order valence-electron chi connectivity index (χ2n) is 4.86. The zero-order valence-corrected chi connectivity index (χ0v) is 11.8. The lowest BCUT2D eigenvalue weighted by molar-refractivity contribution is 0.172. The highest BCUT2D eigenvalue weighted by Crippen LogP contribution is 2.29. The molecule has 106 valence electrons. The Balaban J connectivity index is 2.03. The molecule has 3 rings (SSSR count). The molecule has 0 aliphatic carbocycles. The largest absolute Gasteiger partial charge is 0.414 e. The minimum atomic E-state index is -0.418. The second-order valence-corrected chi connectivity index (χ2v) is 4.86. The number of hydrogen-bond acceptors (Lipinski definition) is 3. The first-order valence-corrected chi connectivity index (χ1v) is 6.58. The van der Waals surface area contributed by atoms with Crippen LogP contribution in [0.4, 0.5) is 4.79 Å². The highest BCUT2D eigenvalue weighted by atomic mass is 16.6. The zero-order chi connectivity index (χ0) is 14.8. The zero-order valence-electron chi connectivity index (χ0n) is 11.8. The molecule has 21 heavy (non-hydrogen) atoms. The van der Waals surface area contributed by atoms with Crippen LogP contribution in [-0.4, -0.2) is 35.1 Å². The van der Waals surface area contributed by atoms with Gasteiger partial charge in [-0.05, 0) is 24.3 Å². The van der Waals surface area contributed by atoms with Crippen LogP contribution in [0.1, 0.15) is 0 Å². The van der Waals surface area contributed by atoms with Gasteiger partial charge in [0.2, 0.25) is 0 Å². The molecule has 1 heterocycles. The van der Waals surface area contributed by atoms with E-state index in [0.29, 0.717) is 11.6 Å². The Bertz CT molecular complexity index is 760. The number of para-hydroxylation sites is 3. The molecule has 1 amide bonds. The lowest BCUT2D eigenvalue weighted by Crippen LogP contribution is -2.25. The lowest BCUT2D eigenvalue weighted by atomic mass is 10.2. The minimum absolute atomic E-state index is 0.418. The van der Waals surface area contributed by atoms with Gasteiger partial charge in [0.25, 0.3) is 0 Å². The highest BCUT2D eigenvalue weighted by molar-refractivity contribution is 5.81. The number of nitrogens with one attached hydrogen (secondary N) is 1. The van der Waals surface area contributed by atoms with E-state index in [0.717, 1.165) is 16.6 Å². The highest BCUT2D eigenvalue weighted by Gasteiger charge is 2.14. The summed E-state index contributed by atoms with van der Waals surface area (Å²) in [7, 11) is 3.29. The molecule has 3 aromatic rings. The van der Waals surface area contributed by atoms with Crippen LogP contribution in [0.5, 0.6) is 5.75 Å². The monoisotopic (exact) mass is 281 g/mol. The summed E-state index contributed by atoms with van der Waals surface area (Å²) < 4.78 is 5.38. The molecule has 0 fully saturated rings. The van der Waals surface area contributed by atoms with Gasteiger partial charge in [-0.3, -0.25) is 0 Å². The molecule has 2 aromatic carbocycles. The predicted octanol–water partition coefficient (Wildman–Crippen LogP) is 3.29. The molecule has 1 N–H and O–H groups in total. The molecule has 0 atom stereocenters. The third-order valence-electron chi connectivity index (χ3n) is 3.09. The predicted molar refractivity (Wildman–Crippen MR) is 81.2 cm³/mol. The maximum Gasteiger partial charge on any atom is 0.414 e. The molecule has 0 saturated carbocycles. The van der Waals surface area contributed by atoms with Crippen LogP contribution in [0, 0.1) is 0 Å². The second kappa shape index (κ2) is 5.28. The smallest absolute Gasteiger partial charge is 0.409 e. The van der Waals surface area contributed by atoms with Crippen LogP contribution in [0.25, 0.3) is 22.4 Å². The van der Waals surface area contributed by atoms with E-state index in [1.165, 1.54) is 4.90 Å². The van der Waals surface area contributed by atoms with Crippen LogP contribution in [0.2, 0.25) is 0 Å². The van der Waals surface area contributed by atoms with E-state index < -0.39 is 6.09 Å². The normalized spacial score (nSPS) is 10.6. The number of H-pyrrole nitrogens is 1. The van der Waals surface area contributed by atoms with Crippen molar-refractivity contribution in [3.63, 3.8) is 0 Å². The average Bonchev–Trinajstić information content (AvgIpc) is 2.91. The van der Waals surface area contributed by atoms with Crippen molar-refractivity contribution in [1.29, 1.82) is 0 Å². The molecule has 0 bridgehead atoms. The minimum Gasteiger partial charge on any atom is -0.409 e. The molecule has 0 aliphatic heterocycles. The summed E-state index contributed by atoms with van der Waals surface area (Å²) in [6, 6.07) is 15.1. The van der Waals surface area contributed by atoms with E-state index in [2.05, 4.69) is 9.97 Å². The summed E-state index contributed by atoms with van der Waals surface area (Å²) in [6.07, 6.45) is -0.418. The Morgan fingerprint density at radius 2 is 1.81 bits per heavy atom. The number of aromatic nitrogens is 2. The summed E-state index contributed by atoms with van der Waals surface area (Å²) in [5.41, 5.74) is 2.58. The van der Waals surface area contributed by atoms with Crippen LogP contribution < -0.4 is 4.74 Å². The van der Waals surface area contributed by atoms with Crippen molar-refractivity contribution in [2.24, 2.45) is 0 Å². The SMILES string of the molecule is CN(C)C(=O)Oc1ccccc1-c1nc2ccccc2[nH]1. The number of ether oxygens (including phenoxy) is 1. The molecular weight excluding hydrogens is 266 g/mol. The summed E-state index contributed by atoms with van der Waals surface area (Å²) >= 11 is 0. The Morgan fingerprint density at radius 1 is 1.10 bits per heavy atom. The molecule has 0 radical (unpaired) electrons. The van der Waals surface area contributed by atoms with Gasteiger partial charge in [-0.2, -0.15) is 0 Å². The van der Waals surface area contributed by atoms with E-state index in [9.17, 15) is 4.79 Å². The topological polar surface area (TPSA) is 58.2 Å². The third kappa shape index (κ3) is 2.58. The van der Waals surface area contributed by atoms with Crippen molar-refractivity contribution in [1.82, 2.24) is 14.9 Å². The lowest BCUT2D eigenvalue weighted by Gasteiger charge is -2.12. The molecule has 0 saturated heterocycles. The van der Waals surface area contributed by atoms with Gasteiger partial charge in [0, 0.05) is 14.1 Å². The maximum atomic E-state index is 11.7. The van der Waals surface area contributed by atoms with E-state index in [4.69, 9.17) is 4.74 Å². The maximum absolute atomic E-state index is 11.7. The van der Waals surface area contributed by atoms with Crippen LogP contribution in [0.3, 0.4) is 0 Å². The summed E-state index contributed by atoms with van der Waals surface area (Å²) in [5.74, 6) is 1.16. The van der Waals surface area contributed by atoms with Gasteiger partial charge in [-0.25, -0.2) is 9.78 Å². The summed E-state index contributed by atoms with van der Waals surface area (Å²) in [5, 5.41) is 0. The van der Waals surface area contributed by atoms with Crippen LogP contribution in [-0.2, 0) is 0 Å². The molecular formula is C16H15N3O2. The van der Waals surface area contributed by atoms with Crippen molar-refractivity contribution in [3.8, 4) is 17.1 Å². The number of carbonyl (C=O) groups excluding carboxylic acids is 1. The number of rotatable bonds is 2. The van der Waals surface area contributed by atoms with E-state index in [1.54, 1.807) is 20.2 Å². The van der Waals surface area contributed by atoms with E-state index >= 15 is 0 Å². The molecule has 0 unspecified atom stereocenters. The van der Waals surface area contributed by atoms with Crippen molar-refractivity contribution >= 4 is 17.1 Å². The van der Waals surface area contributed by atoms with Crippen molar-refractivity contribution in [2.45, 2.75) is 0 Å². The van der Waals surface area contributed by atoms with Crippen molar-refractivity contribution in [3.05, 3.63) is 48.5 Å². The first-order chi connectivity index (χ1) is 10.1. The van der Waals surface area contributed by atoms with Gasteiger partial charge in [-0.1, -0.05) is 24.3 Å². The van der Waals surface area contributed by atoms with Gasteiger partial charge < -0.3 is 14.6 Å². The Labute approximate surface area is 122 Å². The number of nitrogens with zero attached hydrogens (tertiary/aromatic N) is 2. The van der Waals surface area contributed by atoms with Crippen LogP contribution in [0.15, 0.2) is 48.5 Å². The summed E-state index contributed by atoms with van der Waals surface area (Å²) in [4.78, 5) is 20.9. The standard InChI is InChI=1S/C16H15N3O2/c1-19(2)16(20)21-14-10-6-3-7-11(14)15-17-12-8-4-5-9-13(12)18-15/h3-10H,1-2H3,(H,17,18). The molecule has 0 spiro atoms. The summed E-state index contributed by atoms with van der Waals surface area (Å²) in [6.45, 7) is 0. The number of hydrogen-bond donors (Lipinski definition) is 1. The van der Waals surface area contributed by atoms with Gasteiger partial charge in [0.15, 0.2) is 0 Å². The molecule has 1 aromatic heterocycles. The Hall–Kier alpha value is -2.82. The van der Waals surface area contributed by atoms with Crippen LogP contribution >= 0.6 is 0 Å². The van der Waals surface area contributed by atoms with E-state index in [1.807, 2.05) is 42.5 Å². The molecule has 5 nitrogen and oxygen atoms in total. The van der Waals surface area contributed by atoms with Crippen molar-refractivity contribution < 1.29 is 9.53 Å². The van der Waals surface area contributed by atoms with E-state index in [-0.39, 0.29) is 0 Å². The van der Waals surface area contributed by atoms with Gasteiger partial charge in [0.1, 0.15) is 11.6 Å². The fourth-order valence-electron chi connectivity index (χ4n) is 2.02. The van der Waals surface area contributed by atoms with Gasteiger partial charge in [0.05, 0.1) is 16.6 Å². The number of carbonyl (C=O) groups is 1. The Kier molecular flexibility index (Phi) is 3.31. The van der Waals surface area contributed by atoms with Gasteiger partial charge in [-0.15, -0.1) is 0 Å². The first-order valence-electron chi connectivity index (χ1n) is 6.58. The number of fused-ring (bicyclic) bond motifs is 1. The number of amides is 1. The first kappa shape index (κ1) is 13.2. The fraction of sp³-hybridized carbons (Fsp3) is 0.125. The number of imidazole rings is 1. The third-order valence-corrected chi connectivity index (χ3v) is 3.09. The molecule has 5 heteroatoms. The quantitative estimate of drug-likeness (QED) is 0.784. The fourth-order valence-corrected chi connectivity index (χ4v) is 2.02. The Morgan fingerprint density at radius 3 is 2.57 bits per heavy atom. The average molecular weight is 281 g/mol. The van der Waals surface area contributed by atoms with Crippen molar-refractivity contribution in [2.75, 3.05) is 14.1 Å². The molecule has 0 aliphatic rings. The van der Waals surface area contributed by atoms with Gasteiger partial charge >= 0.3 is 6.09 Å². The number of benzene rings is 2.